The van der Waals surface area contributed by atoms with Crippen molar-refractivity contribution in [2.24, 2.45) is 5.41 Å². The largest absolute Gasteiger partial charge is 0.433 e. The quantitative estimate of drug-likeness (QED) is 0.531. The predicted molar refractivity (Wildman–Crippen MR) is 123 cm³/mol. The van der Waals surface area contributed by atoms with E-state index >= 15 is 0 Å². The highest BCUT2D eigenvalue weighted by molar-refractivity contribution is 5.94. The number of halogens is 3. The van der Waals surface area contributed by atoms with Crippen LogP contribution in [0.2, 0.25) is 0 Å². The summed E-state index contributed by atoms with van der Waals surface area (Å²) in [5.74, 6) is -0.123. The summed E-state index contributed by atoms with van der Waals surface area (Å²) in [5, 5.41) is 3.04. The lowest BCUT2D eigenvalue weighted by Gasteiger charge is -2.40. The molecule has 0 bridgehead atoms. The molecule has 33 heavy (non-hydrogen) atoms. The molecule has 0 radical (unpaired) electrons. The summed E-state index contributed by atoms with van der Waals surface area (Å²) in [5.41, 5.74) is 2.29. The van der Waals surface area contributed by atoms with Crippen LogP contribution in [0.1, 0.15) is 35.8 Å². The number of hydrogen-bond acceptors (Lipinski definition) is 3. The topological polar surface area (TPSA) is 45.2 Å². The fourth-order valence-electron chi connectivity index (χ4n) is 4.09. The van der Waals surface area contributed by atoms with Gasteiger partial charge in [-0.15, -0.1) is 0 Å². The number of pyridine rings is 1. The number of aromatic nitrogens is 1. The van der Waals surface area contributed by atoms with Gasteiger partial charge in [0.2, 0.25) is 0 Å². The van der Waals surface area contributed by atoms with Crippen molar-refractivity contribution in [3.05, 3.63) is 84.2 Å². The second-order valence-electron chi connectivity index (χ2n) is 8.82. The average Bonchev–Trinajstić information content (AvgIpc) is 2.83. The predicted octanol–water partition coefficient (Wildman–Crippen LogP) is 5.80. The number of nitrogens with zero attached hydrogens (tertiary/aromatic N) is 2. The number of carbonyl (C=O) groups excluding carboxylic acids is 1. The number of anilines is 1. The van der Waals surface area contributed by atoms with E-state index in [0.717, 1.165) is 30.0 Å². The molecule has 3 aromatic rings. The Morgan fingerprint density at radius 2 is 1.64 bits per heavy atom. The van der Waals surface area contributed by atoms with Crippen LogP contribution in [-0.2, 0) is 6.18 Å². The van der Waals surface area contributed by atoms with Gasteiger partial charge >= 0.3 is 6.18 Å². The van der Waals surface area contributed by atoms with Gasteiger partial charge in [0.15, 0.2) is 0 Å². The second-order valence-corrected chi connectivity index (χ2v) is 8.82. The monoisotopic (exact) mass is 453 g/mol. The maximum Gasteiger partial charge on any atom is 0.433 e. The zero-order chi connectivity index (χ0) is 23.5. The SMILES string of the molecule is CC1(CNC(=O)c2ccc(-c3ccccc3)cc2)CCN(c2ccnc(C(F)(F)F)c2)CC1. The first-order chi connectivity index (χ1) is 15.7. The van der Waals surface area contributed by atoms with E-state index in [4.69, 9.17) is 0 Å². The molecule has 0 saturated carbocycles. The van der Waals surface area contributed by atoms with E-state index in [9.17, 15) is 18.0 Å². The van der Waals surface area contributed by atoms with Gasteiger partial charge in [0.1, 0.15) is 5.69 Å². The lowest BCUT2D eigenvalue weighted by Crippen LogP contribution is -2.44. The van der Waals surface area contributed by atoms with Crippen LogP contribution >= 0.6 is 0 Å². The molecule has 1 aliphatic rings. The molecule has 2 aromatic carbocycles. The minimum atomic E-state index is -4.45. The Kier molecular flexibility index (Phi) is 6.40. The molecular weight excluding hydrogens is 427 g/mol. The summed E-state index contributed by atoms with van der Waals surface area (Å²) >= 11 is 0. The number of amides is 1. The highest BCUT2D eigenvalue weighted by Crippen LogP contribution is 2.34. The molecule has 1 aliphatic heterocycles. The molecule has 7 heteroatoms. The summed E-state index contributed by atoms with van der Waals surface area (Å²) < 4.78 is 38.9. The molecule has 0 atom stereocenters. The van der Waals surface area contributed by atoms with Crippen LogP contribution in [0.4, 0.5) is 18.9 Å². The fourth-order valence-corrected chi connectivity index (χ4v) is 4.09. The van der Waals surface area contributed by atoms with Gasteiger partial charge in [-0.1, -0.05) is 49.4 Å². The molecule has 0 aliphatic carbocycles. The van der Waals surface area contributed by atoms with Crippen molar-refractivity contribution in [2.45, 2.75) is 25.9 Å². The van der Waals surface area contributed by atoms with Crippen molar-refractivity contribution >= 4 is 11.6 Å². The summed E-state index contributed by atoms with van der Waals surface area (Å²) in [4.78, 5) is 18.0. The molecule has 1 N–H and O–H groups in total. The van der Waals surface area contributed by atoms with Crippen LogP contribution in [0.15, 0.2) is 72.9 Å². The van der Waals surface area contributed by atoms with E-state index in [1.165, 1.54) is 6.20 Å². The van der Waals surface area contributed by atoms with E-state index in [1.807, 2.05) is 59.5 Å². The summed E-state index contributed by atoms with van der Waals surface area (Å²) in [6.45, 7) is 3.87. The molecular formula is C26H26F3N3O. The normalized spacial score (nSPS) is 15.8. The molecule has 1 aromatic heterocycles. The van der Waals surface area contributed by atoms with Gasteiger partial charge in [-0.05, 0) is 53.6 Å². The zero-order valence-corrected chi connectivity index (χ0v) is 18.4. The van der Waals surface area contributed by atoms with E-state index in [0.29, 0.717) is 30.9 Å². The van der Waals surface area contributed by atoms with E-state index in [-0.39, 0.29) is 11.3 Å². The number of carbonyl (C=O) groups is 1. The lowest BCUT2D eigenvalue weighted by atomic mass is 9.80. The van der Waals surface area contributed by atoms with Gasteiger partial charge in [0.05, 0.1) is 0 Å². The third kappa shape index (κ3) is 5.53. The van der Waals surface area contributed by atoms with Crippen LogP contribution in [0.3, 0.4) is 0 Å². The number of benzene rings is 2. The zero-order valence-electron chi connectivity index (χ0n) is 18.4. The minimum absolute atomic E-state index is 0.115. The van der Waals surface area contributed by atoms with Crippen LogP contribution < -0.4 is 10.2 Å². The number of piperidine rings is 1. The molecule has 1 saturated heterocycles. The Hall–Kier alpha value is -3.35. The molecule has 172 valence electrons. The number of nitrogens with one attached hydrogen (secondary N) is 1. The van der Waals surface area contributed by atoms with Crippen molar-refractivity contribution in [3.63, 3.8) is 0 Å². The van der Waals surface area contributed by atoms with Gasteiger partial charge in [-0.3, -0.25) is 9.78 Å². The Bertz CT molecular complexity index is 1090. The molecule has 2 heterocycles. The Labute approximate surface area is 191 Å². The molecule has 1 amide bonds. The number of rotatable bonds is 5. The Balaban J connectivity index is 1.32. The minimum Gasteiger partial charge on any atom is -0.371 e. The fraction of sp³-hybridized carbons (Fsp3) is 0.308. The summed E-state index contributed by atoms with van der Waals surface area (Å²) in [7, 11) is 0. The van der Waals surface area contributed by atoms with Crippen molar-refractivity contribution < 1.29 is 18.0 Å². The van der Waals surface area contributed by atoms with Crippen molar-refractivity contribution in [2.75, 3.05) is 24.5 Å². The summed E-state index contributed by atoms with van der Waals surface area (Å²) in [6, 6.07) is 20.2. The van der Waals surface area contributed by atoms with Crippen molar-refractivity contribution in [1.29, 1.82) is 0 Å². The van der Waals surface area contributed by atoms with Crippen LogP contribution in [0, 0.1) is 5.41 Å². The van der Waals surface area contributed by atoms with Crippen LogP contribution in [0.5, 0.6) is 0 Å². The molecule has 4 nitrogen and oxygen atoms in total. The maximum absolute atomic E-state index is 13.0. The van der Waals surface area contributed by atoms with Gasteiger partial charge in [0, 0.05) is 37.1 Å². The van der Waals surface area contributed by atoms with Crippen molar-refractivity contribution in [1.82, 2.24) is 10.3 Å². The second kappa shape index (κ2) is 9.25. The van der Waals surface area contributed by atoms with E-state index in [2.05, 4.69) is 17.2 Å². The van der Waals surface area contributed by atoms with Gasteiger partial charge in [-0.2, -0.15) is 13.2 Å². The highest BCUT2D eigenvalue weighted by atomic mass is 19.4. The van der Waals surface area contributed by atoms with Crippen LogP contribution in [-0.4, -0.2) is 30.5 Å². The lowest BCUT2D eigenvalue weighted by molar-refractivity contribution is -0.141. The first-order valence-electron chi connectivity index (χ1n) is 11.0. The first kappa shape index (κ1) is 22.8. The maximum atomic E-state index is 13.0. The Morgan fingerprint density at radius 3 is 2.27 bits per heavy atom. The third-order valence-corrected chi connectivity index (χ3v) is 6.30. The third-order valence-electron chi connectivity index (χ3n) is 6.30. The van der Waals surface area contributed by atoms with Crippen LogP contribution in [0.25, 0.3) is 11.1 Å². The van der Waals surface area contributed by atoms with Gasteiger partial charge in [0.25, 0.3) is 5.91 Å². The number of hydrogen-bond donors (Lipinski definition) is 1. The van der Waals surface area contributed by atoms with Crippen molar-refractivity contribution in [3.8, 4) is 11.1 Å². The average molecular weight is 454 g/mol. The van der Waals surface area contributed by atoms with Gasteiger partial charge < -0.3 is 10.2 Å². The highest BCUT2D eigenvalue weighted by Gasteiger charge is 2.34. The summed E-state index contributed by atoms with van der Waals surface area (Å²) in [6.07, 6.45) is -1.72. The Morgan fingerprint density at radius 1 is 1.00 bits per heavy atom. The molecule has 0 unspecified atom stereocenters. The molecule has 4 rings (SSSR count). The smallest absolute Gasteiger partial charge is 0.371 e. The number of alkyl halides is 3. The molecule has 1 fully saturated rings. The van der Waals surface area contributed by atoms with E-state index < -0.39 is 11.9 Å². The standard InChI is InChI=1S/C26H26F3N3O/c1-25(12-15-32(16-13-25)22-11-14-30-23(17-22)26(27,28)29)18-31-24(33)21-9-7-20(8-10-21)19-5-3-2-4-6-19/h2-11,14,17H,12-13,15-16,18H2,1H3,(H,31,33). The first-order valence-corrected chi connectivity index (χ1v) is 11.0. The van der Waals surface area contributed by atoms with Gasteiger partial charge in [-0.25, -0.2) is 0 Å². The molecule has 0 spiro atoms. The van der Waals surface area contributed by atoms with E-state index in [1.54, 1.807) is 6.07 Å².